The summed E-state index contributed by atoms with van der Waals surface area (Å²) in [5.74, 6) is 0.553. The van der Waals surface area contributed by atoms with E-state index in [-0.39, 0.29) is 6.23 Å². The van der Waals surface area contributed by atoms with Crippen LogP contribution < -0.4 is 10.1 Å². The predicted molar refractivity (Wildman–Crippen MR) is 84.6 cm³/mol. The van der Waals surface area contributed by atoms with Crippen LogP contribution in [0, 0.1) is 0 Å². The molecule has 0 aliphatic carbocycles. The van der Waals surface area contributed by atoms with Crippen LogP contribution >= 0.6 is 11.8 Å². The van der Waals surface area contributed by atoms with Crippen LogP contribution in [-0.4, -0.2) is 26.7 Å². The number of hydrogen-bond acceptors (Lipinski definition) is 6. The number of thioether (sulfide) groups is 1. The molecule has 0 radical (unpaired) electrons. The summed E-state index contributed by atoms with van der Waals surface area (Å²) in [6.45, 7) is 6.28. The lowest BCUT2D eigenvalue weighted by Crippen LogP contribution is -2.24. The number of ether oxygens (including phenoxy) is 1. The lowest BCUT2D eigenvalue weighted by atomic mass is 10.1. The van der Waals surface area contributed by atoms with Crippen molar-refractivity contribution in [1.82, 2.24) is 15.2 Å². The lowest BCUT2D eigenvalue weighted by Gasteiger charge is -2.16. The van der Waals surface area contributed by atoms with E-state index < -0.39 is 0 Å². The molecule has 1 atom stereocenters. The zero-order chi connectivity index (χ0) is 14.8. The van der Waals surface area contributed by atoms with Crippen molar-refractivity contribution in [3.8, 4) is 17.1 Å². The average Bonchev–Trinajstić information content (AvgIpc) is 2.62. The number of aromatic nitrogens is 3. The summed E-state index contributed by atoms with van der Waals surface area (Å²) in [4.78, 5) is 4.54. The van der Waals surface area contributed by atoms with E-state index in [9.17, 15) is 0 Å². The summed E-state index contributed by atoms with van der Waals surface area (Å²) < 4.78 is 5.97. The SMILES string of the molecule is CC[C@@H]1Nc2ccccc2-c2nnc(SC(C)C)nc2O1. The second kappa shape index (κ2) is 5.89. The highest BCUT2D eigenvalue weighted by Crippen LogP contribution is 2.36. The van der Waals surface area contributed by atoms with Crippen molar-refractivity contribution in [2.75, 3.05) is 5.32 Å². The molecule has 2 heterocycles. The molecular weight excluding hydrogens is 284 g/mol. The number of benzene rings is 1. The molecule has 0 unspecified atom stereocenters. The topological polar surface area (TPSA) is 59.9 Å². The standard InChI is InChI=1S/C15H18N4OS/c1-4-12-16-11-8-6-5-7-10(11)13-14(20-12)17-15(19-18-13)21-9(2)3/h5-9,12,16H,4H2,1-3H3/t12-/m1/s1. The molecule has 2 aromatic rings. The molecule has 0 bridgehead atoms. The normalized spacial score (nSPS) is 16.5. The summed E-state index contributed by atoms with van der Waals surface area (Å²) in [5, 5.41) is 13.0. The van der Waals surface area contributed by atoms with Gasteiger partial charge in [-0.25, -0.2) is 0 Å². The Morgan fingerprint density at radius 1 is 1.29 bits per heavy atom. The van der Waals surface area contributed by atoms with E-state index in [2.05, 4.69) is 41.3 Å². The molecular formula is C15H18N4OS. The maximum Gasteiger partial charge on any atom is 0.247 e. The molecule has 0 saturated carbocycles. The smallest absolute Gasteiger partial charge is 0.247 e. The second-order valence-corrected chi connectivity index (χ2v) is 6.66. The molecule has 1 aromatic carbocycles. The fraction of sp³-hybridized carbons (Fsp3) is 0.400. The van der Waals surface area contributed by atoms with E-state index in [1.54, 1.807) is 11.8 Å². The molecule has 0 amide bonds. The van der Waals surface area contributed by atoms with E-state index in [1.807, 2.05) is 24.3 Å². The Morgan fingerprint density at radius 2 is 2.10 bits per heavy atom. The van der Waals surface area contributed by atoms with Crippen LogP contribution in [0.5, 0.6) is 5.88 Å². The summed E-state index contributed by atoms with van der Waals surface area (Å²) >= 11 is 1.58. The van der Waals surface area contributed by atoms with E-state index in [0.29, 0.717) is 22.0 Å². The molecule has 1 aliphatic heterocycles. The predicted octanol–water partition coefficient (Wildman–Crippen LogP) is 3.58. The summed E-state index contributed by atoms with van der Waals surface area (Å²) in [6, 6.07) is 8.01. The van der Waals surface area contributed by atoms with Gasteiger partial charge in [-0.3, -0.25) is 0 Å². The van der Waals surface area contributed by atoms with Gasteiger partial charge in [0.25, 0.3) is 0 Å². The van der Waals surface area contributed by atoms with Gasteiger partial charge in [-0.2, -0.15) is 4.98 Å². The van der Waals surface area contributed by atoms with Crippen LogP contribution in [0.1, 0.15) is 27.2 Å². The van der Waals surface area contributed by atoms with E-state index in [4.69, 9.17) is 4.74 Å². The van der Waals surface area contributed by atoms with Gasteiger partial charge >= 0.3 is 0 Å². The number of anilines is 1. The molecule has 110 valence electrons. The number of para-hydroxylation sites is 1. The van der Waals surface area contributed by atoms with Gasteiger partial charge in [-0.1, -0.05) is 50.7 Å². The first-order chi connectivity index (χ1) is 10.2. The van der Waals surface area contributed by atoms with E-state index in [1.165, 1.54) is 0 Å². The van der Waals surface area contributed by atoms with Crippen LogP contribution in [0.15, 0.2) is 29.4 Å². The number of hydrogen-bond donors (Lipinski definition) is 1. The minimum Gasteiger partial charge on any atom is -0.452 e. The highest BCUT2D eigenvalue weighted by molar-refractivity contribution is 7.99. The van der Waals surface area contributed by atoms with Gasteiger partial charge in [0, 0.05) is 22.9 Å². The van der Waals surface area contributed by atoms with Crippen molar-refractivity contribution in [2.24, 2.45) is 0 Å². The number of rotatable bonds is 3. The molecule has 3 rings (SSSR count). The molecule has 0 saturated heterocycles. The van der Waals surface area contributed by atoms with Gasteiger partial charge in [-0.05, 0) is 6.07 Å². The number of fused-ring (bicyclic) bond motifs is 3. The number of nitrogens with one attached hydrogen (secondary N) is 1. The average molecular weight is 302 g/mol. The van der Waals surface area contributed by atoms with Crippen LogP contribution in [0.3, 0.4) is 0 Å². The highest BCUT2D eigenvalue weighted by Gasteiger charge is 2.23. The second-order valence-electron chi connectivity index (χ2n) is 5.12. The first kappa shape index (κ1) is 14.1. The Hall–Kier alpha value is -1.82. The molecule has 5 nitrogen and oxygen atoms in total. The quantitative estimate of drug-likeness (QED) is 0.875. The van der Waals surface area contributed by atoms with Crippen molar-refractivity contribution in [2.45, 2.75) is 43.8 Å². The Morgan fingerprint density at radius 3 is 2.86 bits per heavy atom. The molecule has 1 aromatic heterocycles. The van der Waals surface area contributed by atoms with E-state index >= 15 is 0 Å². The first-order valence-electron chi connectivity index (χ1n) is 7.11. The summed E-state index contributed by atoms with van der Waals surface area (Å²) in [6.07, 6.45) is 0.728. The molecule has 6 heteroatoms. The zero-order valence-electron chi connectivity index (χ0n) is 12.3. The van der Waals surface area contributed by atoms with Crippen LogP contribution in [0.4, 0.5) is 5.69 Å². The Labute approximate surface area is 128 Å². The van der Waals surface area contributed by atoms with Crippen LogP contribution in [-0.2, 0) is 0 Å². The highest BCUT2D eigenvalue weighted by atomic mass is 32.2. The van der Waals surface area contributed by atoms with Crippen LogP contribution in [0.25, 0.3) is 11.3 Å². The molecule has 0 spiro atoms. The summed E-state index contributed by atoms with van der Waals surface area (Å²) in [7, 11) is 0. The minimum absolute atomic E-state index is 0.110. The Balaban J connectivity index is 2.08. The largest absolute Gasteiger partial charge is 0.452 e. The molecule has 1 aliphatic rings. The third kappa shape index (κ3) is 2.95. The van der Waals surface area contributed by atoms with Crippen molar-refractivity contribution in [3.05, 3.63) is 24.3 Å². The van der Waals surface area contributed by atoms with Crippen molar-refractivity contribution >= 4 is 17.4 Å². The van der Waals surface area contributed by atoms with Gasteiger partial charge in [0.1, 0.15) is 0 Å². The van der Waals surface area contributed by atoms with Crippen molar-refractivity contribution in [1.29, 1.82) is 0 Å². The molecule has 0 fully saturated rings. The Bertz CT molecular complexity index is 647. The van der Waals surface area contributed by atoms with Gasteiger partial charge in [0.15, 0.2) is 11.9 Å². The minimum atomic E-state index is -0.110. The zero-order valence-corrected chi connectivity index (χ0v) is 13.1. The van der Waals surface area contributed by atoms with Gasteiger partial charge in [0.2, 0.25) is 11.0 Å². The van der Waals surface area contributed by atoms with Gasteiger partial charge in [-0.15, -0.1) is 10.2 Å². The monoisotopic (exact) mass is 302 g/mol. The van der Waals surface area contributed by atoms with Crippen LogP contribution in [0.2, 0.25) is 0 Å². The van der Waals surface area contributed by atoms with Gasteiger partial charge < -0.3 is 10.1 Å². The molecule has 21 heavy (non-hydrogen) atoms. The third-order valence-corrected chi connectivity index (χ3v) is 3.95. The van der Waals surface area contributed by atoms with Crippen molar-refractivity contribution < 1.29 is 4.74 Å². The Kier molecular flexibility index (Phi) is 3.96. The van der Waals surface area contributed by atoms with Gasteiger partial charge in [0.05, 0.1) is 0 Å². The maximum atomic E-state index is 5.97. The van der Waals surface area contributed by atoms with E-state index in [0.717, 1.165) is 17.7 Å². The number of nitrogens with zero attached hydrogens (tertiary/aromatic N) is 3. The third-order valence-electron chi connectivity index (χ3n) is 3.10. The maximum absolute atomic E-state index is 5.97. The van der Waals surface area contributed by atoms with Crippen molar-refractivity contribution in [3.63, 3.8) is 0 Å². The fourth-order valence-electron chi connectivity index (χ4n) is 2.15. The summed E-state index contributed by atoms with van der Waals surface area (Å²) in [5.41, 5.74) is 2.68. The lowest BCUT2D eigenvalue weighted by molar-refractivity contribution is 0.216. The first-order valence-corrected chi connectivity index (χ1v) is 7.99. The fourth-order valence-corrected chi connectivity index (χ4v) is 2.79. The molecule has 1 N–H and O–H groups in total.